The molecule has 0 saturated carbocycles. The fourth-order valence-corrected chi connectivity index (χ4v) is 2.33. The quantitative estimate of drug-likeness (QED) is 0.818. The van der Waals surface area contributed by atoms with E-state index in [4.69, 9.17) is 0 Å². The minimum atomic E-state index is -0.243. The Morgan fingerprint density at radius 3 is 2.63 bits per heavy atom. The molecule has 1 saturated heterocycles. The third-order valence-electron chi connectivity index (χ3n) is 3.48. The van der Waals surface area contributed by atoms with E-state index in [1.807, 2.05) is 21.0 Å². The molecule has 1 aliphatic heterocycles. The molecule has 0 radical (unpaired) electrons. The van der Waals surface area contributed by atoms with E-state index in [1.54, 1.807) is 9.80 Å². The smallest absolute Gasteiger partial charge is 0.245 e. The topological polar surface area (TPSA) is 52.7 Å². The van der Waals surface area contributed by atoms with Gasteiger partial charge in [0.15, 0.2) is 0 Å². The largest absolute Gasteiger partial charge is 0.343 e. The number of likely N-dealkylation sites (N-methyl/N-ethyl adjacent to an activating group) is 2. The van der Waals surface area contributed by atoms with Crippen LogP contribution in [-0.2, 0) is 9.59 Å². The highest BCUT2D eigenvalue weighted by molar-refractivity contribution is 5.87. The summed E-state index contributed by atoms with van der Waals surface area (Å²) in [6.07, 6.45) is 3.32. The number of amides is 2. The average molecular weight is 292 g/mol. The Hall–Kier alpha value is -0.810. The third kappa shape index (κ3) is 4.99. The van der Waals surface area contributed by atoms with Gasteiger partial charge in [0.2, 0.25) is 11.8 Å². The van der Waals surface area contributed by atoms with Crippen LogP contribution < -0.4 is 5.32 Å². The van der Waals surface area contributed by atoms with Gasteiger partial charge in [0.25, 0.3) is 0 Å². The van der Waals surface area contributed by atoms with Crippen molar-refractivity contribution in [2.45, 2.75) is 38.6 Å². The molecule has 1 N–H and O–H groups in total. The van der Waals surface area contributed by atoms with Gasteiger partial charge < -0.3 is 15.1 Å². The molecule has 1 atom stereocenters. The summed E-state index contributed by atoms with van der Waals surface area (Å²) in [5.41, 5.74) is 0. The van der Waals surface area contributed by atoms with E-state index in [0.29, 0.717) is 13.0 Å². The predicted octanol–water partition coefficient (Wildman–Crippen LogP) is 0.877. The fraction of sp³-hybridized carbons (Fsp3) is 0.846. The summed E-state index contributed by atoms with van der Waals surface area (Å²) in [4.78, 5) is 27.7. The SMILES string of the molecule is CCC(=O)N1CCCCC1C(=O)N(C)CCNC.Cl. The molecule has 1 rings (SSSR count). The number of halogens is 1. The second-order valence-electron chi connectivity index (χ2n) is 4.82. The van der Waals surface area contributed by atoms with Crippen molar-refractivity contribution in [1.82, 2.24) is 15.1 Å². The van der Waals surface area contributed by atoms with E-state index in [-0.39, 0.29) is 30.3 Å². The molecule has 1 unspecified atom stereocenters. The molecular formula is C13H26ClN3O2. The first-order chi connectivity index (χ1) is 8.61. The van der Waals surface area contributed by atoms with Gasteiger partial charge in [0.1, 0.15) is 6.04 Å². The zero-order valence-electron chi connectivity index (χ0n) is 12.1. The van der Waals surface area contributed by atoms with Gasteiger partial charge in [0, 0.05) is 33.1 Å². The van der Waals surface area contributed by atoms with E-state index in [0.717, 1.165) is 32.4 Å². The number of rotatable bonds is 5. The minimum Gasteiger partial charge on any atom is -0.343 e. The molecule has 112 valence electrons. The fourth-order valence-electron chi connectivity index (χ4n) is 2.33. The number of nitrogens with one attached hydrogen (secondary N) is 1. The molecule has 1 fully saturated rings. The summed E-state index contributed by atoms with van der Waals surface area (Å²) in [5.74, 6) is 0.168. The van der Waals surface area contributed by atoms with E-state index in [2.05, 4.69) is 5.32 Å². The van der Waals surface area contributed by atoms with Crippen LogP contribution >= 0.6 is 12.4 Å². The highest BCUT2D eigenvalue weighted by Gasteiger charge is 2.32. The van der Waals surface area contributed by atoms with Crippen molar-refractivity contribution >= 4 is 24.2 Å². The van der Waals surface area contributed by atoms with Crippen LogP contribution in [-0.4, -0.2) is 61.4 Å². The van der Waals surface area contributed by atoms with Gasteiger partial charge in [-0.2, -0.15) is 0 Å². The first kappa shape index (κ1) is 18.2. The summed E-state index contributed by atoms with van der Waals surface area (Å²) in [6, 6.07) is -0.243. The van der Waals surface area contributed by atoms with E-state index in [9.17, 15) is 9.59 Å². The van der Waals surface area contributed by atoms with Crippen LogP contribution in [0.4, 0.5) is 0 Å². The van der Waals surface area contributed by atoms with E-state index < -0.39 is 0 Å². The van der Waals surface area contributed by atoms with Crippen LogP contribution in [0.1, 0.15) is 32.6 Å². The van der Waals surface area contributed by atoms with Crippen LogP contribution in [0.25, 0.3) is 0 Å². The standard InChI is InChI=1S/C13H25N3O2.ClH/c1-4-12(17)16-9-6-5-7-11(16)13(18)15(3)10-8-14-2;/h11,14H,4-10H2,1-3H3;1H. The Morgan fingerprint density at radius 2 is 2.05 bits per heavy atom. The molecule has 0 aromatic carbocycles. The Balaban J connectivity index is 0.00000324. The van der Waals surface area contributed by atoms with Gasteiger partial charge in [-0.3, -0.25) is 9.59 Å². The summed E-state index contributed by atoms with van der Waals surface area (Å²) in [5, 5.41) is 3.03. The molecule has 1 aliphatic rings. The van der Waals surface area contributed by atoms with Crippen LogP contribution in [0.2, 0.25) is 0 Å². The van der Waals surface area contributed by atoms with E-state index in [1.165, 1.54) is 0 Å². The van der Waals surface area contributed by atoms with Gasteiger partial charge in [-0.15, -0.1) is 12.4 Å². The summed E-state index contributed by atoms with van der Waals surface area (Å²) < 4.78 is 0. The van der Waals surface area contributed by atoms with Crippen molar-refractivity contribution in [2.24, 2.45) is 0 Å². The van der Waals surface area contributed by atoms with Gasteiger partial charge in [-0.25, -0.2) is 0 Å². The normalized spacial score (nSPS) is 18.7. The lowest BCUT2D eigenvalue weighted by atomic mass is 10.0. The molecule has 0 bridgehead atoms. The summed E-state index contributed by atoms with van der Waals surface area (Å²) >= 11 is 0. The average Bonchev–Trinajstić information content (AvgIpc) is 2.43. The van der Waals surface area contributed by atoms with Crippen LogP contribution in [0.5, 0.6) is 0 Å². The maximum Gasteiger partial charge on any atom is 0.245 e. The molecule has 6 heteroatoms. The number of likely N-dealkylation sites (tertiary alicyclic amines) is 1. The molecule has 0 aromatic rings. The Bertz CT molecular complexity index is 300. The van der Waals surface area contributed by atoms with Crippen molar-refractivity contribution in [3.05, 3.63) is 0 Å². The maximum absolute atomic E-state index is 12.3. The zero-order chi connectivity index (χ0) is 13.5. The monoisotopic (exact) mass is 291 g/mol. The number of hydrogen-bond donors (Lipinski definition) is 1. The predicted molar refractivity (Wildman–Crippen MR) is 78.5 cm³/mol. The van der Waals surface area contributed by atoms with Gasteiger partial charge >= 0.3 is 0 Å². The molecule has 19 heavy (non-hydrogen) atoms. The number of piperidine rings is 1. The molecule has 0 aliphatic carbocycles. The van der Waals surface area contributed by atoms with Gasteiger partial charge in [0.05, 0.1) is 0 Å². The molecule has 0 aromatic heterocycles. The number of carbonyl (C=O) groups excluding carboxylic acids is 2. The molecule has 1 heterocycles. The number of nitrogens with zero attached hydrogens (tertiary/aromatic N) is 2. The Labute approximate surface area is 122 Å². The lowest BCUT2D eigenvalue weighted by molar-refractivity contribution is -0.146. The molecular weight excluding hydrogens is 266 g/mol. The van der Waals surface area contributed by atoms with Crippen molar-refractivity contribution in [3.8, 4) is 0 Å². The van der Waals surface area contributed by atoms with Crippen molar-refractivity contribution in [3.63, 3.8) is 0 Å². The van der Waals surface area contributed by atoms with Crippen LogP contribution in [0.3, 0.4) is 0 Å². The Morgan fingerprint density at radius 1 is 1.37 bits per heavy atom. The first-order valence-electron chi connectivity index (χ1n) is 6.80. The van der Waals surface area contributed by atoms with Crippen molar-refractivity contribution < 1.29 is 9.59 Å². The lowest BCUT2D eigenvalue weighted by Gasteiger charge is -2.36. The van der Waals surface area contributed by atoms with Crippen LogP contribution in [0, 0.1) is 0 Å². The molecule has 2 amide bonds. The van der Waals surface area contributed by atoms with Crippen LogP contribution in [0.15, 0.2) is 0 Å². The maximum atomic E-state index is 12.3. The molecule has 5 nitrogen and oxygen atoms in total. The third-order valence-corrected chi connectivity index (χ3v) is 3.48. The Kier molecular flexibility index (Phi) is 8.76. The number of hydrogen-bond acceptors (Lipinski definition) is 3. The van der Waals surface area contributed by atoms with E-state index >= 15 is 0 Å². The highest BCUT2D eigenvalue weighted by Crippen LogP contribution is 2.19. The summed E-state index contributed by atoms with van der Waals surface area (Å²) in [7, 11) is 3.68. The second-order valence-corrected chi connectivity index (χ2v) is 4.82. The first-order valence-corrected chi connectivity index (χ1v) is 6.80. The highest BCUT2D eigenvalue weighted by atomic mass is 35.5. The van der Waals surface area contributed by atoms with Gasteiger partial charge in [-0.1, -0.05) is 6.92 Å². The number of carbonyl (C=O) groups is 2. The van der Waals surface area contributed by atoms with Crippen molar-refractivity contribution in [1.29, 1.82) is 0 Å². The zero-order valence-corrected chi connectivity index (χ0v) is 13.0. The molecule has 0 spiro atoms. The minimum absolute atomic E-state index is 0. The van der Waals surface area contributed by atoms with Crippen molar-refractivity contribution in [2.75, 3.05) is 33.7 Å². The lowest BCUT2D eigenvalue weighted by Crippen LogP contribution is -2.52. The summed E-state index contributed by atoms with van der Waals surface area (Å²) in [6.45, 7) is 4.03. The van der Waals surface area contributed by atoms with Gasteiger partial charge in [-0.05, 0) is 26.3 Å². The second kappa shape index (κ2) is 9.15.